The van der Waals surface area contributed by atoms with Gasteiger partial charge in [0.1, 0.15) is 0 Å². The average Bonchev–Trinajstić information content (AvgIpc) is 3.71. The first-order valence-corrected chi connectivity index (χ1v) is 21.4. The summed E-state index contributed by atoms with van der Waals surface area (Å²) >= 11 is 0. The van der Waals surface area contributed by atoms with Crippen LogP contribution in [0.25, 0.3) is 104 Å². The van der Waals surface area contributed by atoms with Gasteiger partial charge in [-0.05, 0) is 120 Å². The molecule has 2 heteroatoms. The summed E-state index contributed by atoms with van der Waals surface area (Å²) in [6.45, 7) is 4.76. The molecule has 1 heterocycles. The lowest BCUT2D eigenvalue weighted by Crippen LogP contribution is -2.16. The quantitative estimate of drug-likeness (QED) is 0.158. The number of anilines is 3. The van der Waals surface area contributed by atoms with E-state index in [1.54, 1.807) is 0 Å². The van der Waals surface area contributed by atoms with Gasteiger partial charge >= 0.3 is 0 Å². The van der Waals surface area contributed by atoms with Crippen molar-refractivity contribution < 1.29 is 0 Å². The fourth-order valence-electron chi connectivity index (χ4n) is 11.5. The molecule has 0 fully saturated rings. The van der Waals surface area contributed by atoms with E-state index in [0.717, 1.165) is 22.7 Å². The van der Waals surface area contributed by atoms with Crippen LogP contribution in [0, 0.1) is 0 Å². The SMILES string of the molecule is CC1(C)c2ccccc2-c2ccc(N(c3ccc(-c4ccccc4)cc3)c3cc4c5c6c3ccc3ccc7ccc8ccc9ccc(c5c9c8c7c36)n4-c3ccccc3)cc21. The van der Waals surface area contributed by atoms with Crippen molar-refractivity contribution in [1.29, 1.82) is 0 Å². The van der Waals surface area contributed by atoms with Gasteiger partial charge in [-0.3, -0.25) is 0 Å². The molecule has 14 rings (SSSR count). The summed E-state index contributed by atoms with van der Waals surface area (Å²) in [4.78, 5) is 2.54. The molecule has 0 saturated heterocycles. The third kappa shape index (κ3) is 4.31. The lowest BCUT2D eigenvalue weighted by molar-refractivity contribution is 0.660. The second-order valence-corrected chi connectivity index (χ2v) is 17.6. The van der Waals surface area contributed by atoms with Crippen LogP contribution in [0.4, 0.5) is 17.1 Å². The lowest BCUT2D eigenvalue weighted by Gasteiger charge is -2.30. The van der Waals surface area contributed by atoms with Gasteiger partial charge in [0, 0.05) is 49.4 Å². The smallest absolute Gasteiger partial charge is 0.0568 e. The van der Waals surface area contributed by atoms with E-state index in [1.807, 2.05) is 0 Å². The van der Waals surface area contributed by atoms with E-state index in [1.165, 1.54) is 109 Å². The minimum absolute atomic E-state index is 0.146. The van der Waals surface area contributed by atoms with E-state index in [2.05, 4.69) is 217 Å². The van der Waals surface area contributed by atoms with Gasteiger partial charge < -0.3 is 9.47 Å². The van der Waals surface area contributed by atoms with Crippen molar-refractivity contribution in [2.75, 3.05) is 4.90 Å². The molecule has 284 valence electrons. The van der Waals surface area contributed by atoms with Crippen LogP contribution in [0.5, 0.6) is 0 Å². The number of rotatable bonds is 5. The van der Waals surface area contributed by atoms with Gasteiger partial charge in [-0.25, -0.2) is 0 Å². The van der Waals surface area contributed by atoms with Gasteiger partial charge in [0.15, 0.2) is 0 Å². The maximum Gasteiger partial charge on any atom is 0.0568 e. The van der Waals surface area contributed by atoms with Crippen molar-refractivity contribution in [3.8, 4) is 27.9 Å². The molecule has 0 radical (unpaired) electrons. The normalized spacial score (nSPS) is 13.5. The molecule has 0 spiro atoms. The molecule has 0 amide bonds. The standard InChI is InChI=1S/C59H38N2/c1-59(2)47-16-10-9-15-44(47)45-31-29-43(33-48(45)59)60(42-27-23-36(24-28-42)35-11-5-3-6-12-35)50-34-51-58-56-46(50)30-25-39-21-19-37-17-18-38-20-22-40-26-32-49(61(51)41-13-7-4-8-14-41)57(58)55(40)53(38)52(37)54(39)56/h3-34H,1-2H3. The number of hydrogen-bond donors (Lipinski definition) is 0. The van der Waals surface area contributed by atoms with E-state index < -0.39 is 0 Å². The number of hydrogen-bond acceptors (Lipinski definition) is 1. The van der Waals surface area contributed by atoms with Gasteiger partial charge in [-0.15, -0.1) is 0 Å². The predicted octanol–water partition coefficient (Wildman–Crippen LogP) is 16.3. The first kappa shape index (κ1) is 33.2. The zero-order valence-electron chi connectivity index (χ0n) is 33.9. The molecule has 0 unspecified atom stereocenters. The molecule has 1 aliphatic carbocycles. The highest BCUT2D eigenvalue weighted by molar-refractivity contribution is 6.46. The molecule has 0 saturated carbocycles. The Morgan fingerprint density at radius 1 is 0.377 bits per heavy atom. The second kappa shape index (κ2) is 11.7. The molecule has 0 atom stereocenters. The number of para-hydroxylation sites is 1. The first-order chi connectivity index (χ1) is 30.0. The van der Waals surface area contributed by atoms with Crippen LogP contribution in [0.15, 0.2) is 194 Å². The number of nitrogens with zero attached hydrogens (tertiary/aromatic N) is 2. The highest BCUT2D eigenvalue weighted by Crippen LogP contribution is 2.55. The highest BCUT2D eigenvalue weighted by atomic mass is 15.1. The van der Waals surface area contributed by atoms with Crippen LogP contribution in [-0.2, 0) is 5.41 Å². The van der Waals surface area contributed by atoms with Crippen molar-refractivity contribution in [2.24, 2.45) is 0 Å². The Labute approximate surface area is 353 Å². The Kier molecular flexibility index (Phi) is 6.39. The number of fused-ring (bicyclic) bond motifs is 3. The summed E-state index contributed by atoms with van der Waals surface area (Å²) in [5.41, 5.74) is 14.7. The average molecular weight is 775 g/mol. The molecule has 1 aliphatic rings. The van der Waals surface area contributed by atoms with Crippen molar-refractivity contribution in [1.82, 2.24) is 4.57 Å². The Hall–Kier alpha value is -7.68. The zero-order chi connectivity index (χ0) is 40.1. The molecule has 12 aromatic carbocycles. The molecule has 0 N–H and O–H groups in total. The number of aromatic nitrogens is 1. The zero-order valence-corrected chi connectivity index (χ0v) is 33.9. The third-order valence-electron chi connectivity index (χ3n) is 14.2. The molecule has 1 aromatic heterocycles. The Morgan fingerprint density at radius 2 is 0.902 bits per heavy atom. The largest absolute Gasteiger partial charge is 0.310 e. The van der Waals surface area contributed by atoms with Crippen molar-refractivity contribution >= 4 is 92.7 Å². The molecule has 2 nitrogen and oxygen atoms in total. The maximum atomic E-state index is 2.54. The summed E-state index contributed by atoms with van der Waals surface area (Å²) < 4.78 is 2.53. The van der Waals surface area contributed by atoms with Crippen LogP contribution >= 0.6 is 0 Å². The van der Waals surface area contributed by atoms with Crippen molar-refractivity contribution in [3.63, 3.8) is 0 Å². The van der Waals surface area contributed by atoms with Crippen LogP contribution in [0.3, 0.4) is 0 Å². The Morgan fingerprint density at radius 3 is 1.61 bits per heavy atom. The summed E-state index contributed by atoms with van der Waals surface area (Å²) in [7, 11) is 0. The minimum atomic E-state index is -0.146. The fraction of sp³-hybridized carbons (Fsp3) is 0.0508. The summed E-state index contributed by atoms with van der Waals surface area (Å²) in [6.07, 6.45) is 0. The Balaban J connectivity index is 1.16. The van der Waals surface area contributed by atoms with Gasteiger partial charge in [-0.2, -0.15) is 0 Å². The topological polar surface area (TPSA) is 8.17 Å². The summed E-state index contributed by atoms with van der Waals surface area (Å²) in [6, 6.07) is 72.9. The Bertz CT molecular complexity index is 3860. The van der Waals surface area contributed by atoms with E-state index in [9.17, 15) is 0 Å². The molecular formula is C59H38N2. The summed E-state index contributed by atoms with van der Waals surface area (Å²) in [5.74, 6) is 0. The van der Waals surface area contributed by atoms with Crippen LogP contribution < -0.4 is 4.90 Å². The number of benzene rings is 11. The summed E-state index contributed by atoms with van der Waals surface area (Å²) in [5, 5.41) is 15.8. The van der Waals surface area contributed by atoms with Crippen molar-refractivity contribution in [2.45, 2.75) is 19.3 Å². The van der Waals surface area contributed by atoms with Crippen LogP contribution in [0.2, 0.25) is 0 Å². The maximum absolute atomic E-state index is 2.54. The van der Waals surface area contributed by atoms with Crippen molar-refractivity contribution in [3.05, 3.63) is 205 Å². The molecule has 0 bridgehead atoms. The van der Waals surface area contributed by atoms with Crippen LogP contribution in [-0.4, -0.2) is 4.57 Å². The fourth-order valence-corrected chi connectivity index (χ4v) is 11.5. The van der Waals surface area contributed by atoms with Gasteiger partial charge in [0.05, 0.1) is 16.7 Å². The van der Waals surface area contributed by atoms with E-state index in [-0.39, 0.29) is 5.41 Å². The minimum Gasteiger partial charge on any atom is -0.310 e. The van der Waals surface area contributed by atoms with E-state index in [0.29, 0.717) is 0 Å². The molecule has 13 aromatic rings. The third-order valence-corrected chi connectivity index (χ3v) is 14.2. The predicted molar refractivity (Wildman–Crippen MR) is 260 cm³/mol. The molecule has 0 aliphatic heterocycles. The monoisotopic (exact) mass is 774 g/mol. The molecular weight excluding hydrogens is 737 g/mol. The second-order valence-electron chi connectivity index (χ2n) is 17.6. The van der Waals surface area contributed by atoms with Gasteiger partial charge in [-0.1, -0.05) is 159 Å². The van der Waals surface area contributed by atoms with Gasteiger partial charge in [0.25, 0.3) is 0 Å². The van der Waals surface area contributed by atoms with E-state index in [4.69, 9.17) is 0 Å². The van der Waals surface area contributed by atoms with E-state index >= 15 is 0 Å². The highest BCUT2D eigenvalue weighted by Gasteiger charge is 2.36. The van der Waals surface area contributed by atoms with Gasteiger partial charge in [0.2, 0.25) is 0 Å². The molecule has 61 heavy (non-hydrogen) atoms. The van der Waals surface area contributed by atoms with Crippen LogP contribution in [0.1, 0.15) is 25.0 Å². The lowest BCUT2D eigenvalue weighted by atomic mass is 9.82. The first-order valence-electron chi connectivity index (χ1n) is 21.4.